The van der Waals surface area contributed by atoms with E-state index in [1.165, 1.54) is 193 Å². The van der Waals surface area contributed by atoms with Crippen molar-refractivity contribution in [2.75, 3.05) is 39.6 Å². The smallest absolute Gasteiger partial charge is 0.463 e. The van der Waals surface area contributed by atoms with E-state index >= 15 is 0 Å². The quantitative estimate of drug-likeness (QED) is 0.0146. The summed E-state index contributed by atoms with van der Waals surface area (Å²) in [5.74, 6) is -1.58. The summed E-state index contributed by atoms with van der Waals surface area (Å²) in [7, 11) is -9.82. The van der Waals surface area contributed by atoms with Gasteiger partial charge in [0.1, 0.15) is 25.4 Å². The van der Waals surface area contributed by atoms with Gasteiger partial charge in [0.15, 0.2) is 6.10 Å². The number of aliphatic hydroxyl groups excluding tert-OH is 2. The van der Waals surface area contributed by atoms with Crippen molar-refractivity contribution < 1.29 is 75.8 Å². The number of carbonyl (C=O) groups excluding carboxylic acids is 3. The Labute approximate surface area is 740 Å². The number of esters is 3. The first-order chi connectivity index (χ1) is 59.2. The number of unbranched alkanes of at least 4 members (excludes halogenated alkanes) is 43. The molecule has 0 aliphatic heterocycles. The van der Waals surface area contributed by atoms with Crippen LogP contribution in [0.2, 0.25) is 0 Å². The van der Waals surface area contributed by atoms with Crippen LogP contribution in [0.15, 0.2) is 158 Å². The Kier molecular flexibility index (Phi) is 90.5. The molecule has 0 fully saturated rings. The maximum atomic E-state index is 13.1. The monoisotopic (exact) mass is 1730 g/mol. The zero-order valence-corrected chi connectivity index (χ0v) is 78.7. The lowest BCUT2D eigenvalue weighted by molar-refractivity contribution is -0.161. The van der Waals surface area contributed by atoms with Crippen molar-refractivity contribution in [3.05, 3.63) is 158 Å². The van der Waals surface area contributed by atoms with Crippen LogP contribution in [0.4, 0.5) is 0 Å². The third kappa shape index (κ3) is 95.7. The van der Waals surface area contributed by atoms with Crippen LogP contribution < -0.4 is 0 Å². The van der Waals surface area contributed by atoms with Gasteiger partial charge in [0.05, 0.1) is 26.4 Å². The average Bonchev–Trinajstić information content (AvgIpc) is 0.898. The minimum atomic E-state index is -4.95. The van der Waals surface area contributed by atoms with Gasteiger partial charge in [0.25, 0.3) is 0 Å². The summed E-state index contributed by atoms with van der Waals surface area (Å²) in [6.45, 7) is 2.56. The minimum absolute atomic E-state index is 0.0874. The Morgan fingerprint density at radius 3 is 0.694 bits per heavy atom. The molecule has 4 N–H and O–H groups in total. The molecule has 0 aromatic heterocycles. The Morgan fingerprint density at radius 1 is 0.240 bits per heavy atom. The van der Waals surface area contributed by atoms with Crippen molar-refractivity contribution in [2.45, 2.75) is 437 Å². The number of ether oxygens (including phenoxy) is 3. The molecule has 0 heterocycles. The Balaban J connectivity index is 4.55. The minimum Gasteiger partial charge on any atom is -0.463 e. The number of carbonyl (C=O) groups is 3. The van der Waals surface area contributed by atoms with Gasteiger partial charge in [-0.05, 0) is 154 Å². The molecule has 0 aliphatic rings. The first kappa shape index (κ1) is 116. The van der Waals surface area contributed by atoms with Gasteiger partial charge >= 0.3 is 33.6 Å². The van der Waals surface area contributed by atoms with E-state index in [1.54, 1.807) is 0 Å². The van der Waals surface area contributed by atoms with E-state index in [0.29, 0.717) is 19.3 Å². The van der Waals surface area contributed by atoms with E-state index in [4.69, 9.17) is 32.3 Å². The molecule has 0 rings (SSSR count). The molecule has 0 amide bonds. The van der Waals surface area contributed by atoms with Crippen molar-refractivity contribution in [1.82, 2.24) is 0 Å². The van der Waals surface area contributed by atoms with Crippen LogP contribution in [0.25, 0.3) is 0 Å². The van der Waals surface area contributed by atoms with Crippen LogP contribution in [0.3, 0.4) is 0 Å². The Hall–Kier alpha value is -4.83. The summed E-state index contributed by atoms with van der Waals surface area (Å²) < 4.78 is 61.6. The summed E-state index contributed by atoms with van der Waals surface area (Å²) in [6, 6.07) is 0. The maximum absolute atomic E-state index is 13.1. The number of hydrogen-bond acceptors (Lipinski definition) is 14. The number of phosphoric ester groups is 2. The van der Waals surface area contributed by atoms with Crippen molar-refractivity contribution in [2.24, 2.45) is 0 Å². The predicted molar refractivity (Wildman–Crippen MR) is 509 cm³/mol. The Morgan fingerprint density at radius 2 is 0.438 bits per heavy atom. The lowest BCUT2D eigenvalue weighted by Crippen LogP contribution is -2.30. The third-order valence-corrected chi connectivity index (χ3v) is 22.6. The fraction of sp³-hybridized carbons (Fsp3) is 0.718. The van der Waals surface area contributed by atoms with E-state index in [1.807, 2.05) is 0 Å². The summed E-state index contributed by atoms with van der Waals surface area (Å²) in [5.41, 5.74) is 0. The van der Waals surface area contributed by atoms with E-state index in [0.717, 1.165) is 167 Å². The molecule has 0 aliphatic carbocycles. The highest BCUT2D eigenvalue weighted by Crippen LogP contribution is 2.45. The zero-order valence-electron chi connectivity index (χ0n) is 76.9. The molecular formula is C103H178O16P2. The Bertz CT molecular complexity index is 2830. The second kappa shape index (κ2) is 94.3. The van der Waals surface area contributed by atoms with Crippen LogP contribution in [-0.4, -0.2) is 95.9 Å². The number of rotatable bonds is 92. The normalized spacial score (nSPS) is 14.4. The van der Waals surface area contributed by atoms with Gasteiger partial charge in [0, 0.05) is 19.3 Å². The van der Waals surface area contributed by atoms with E-state index < -0.39 is 91.5 Å². The number of allylic oxidation sites excluding steroid dienone is 26. The lowest BCUT2D eigenvalue weighted by Gasteiger charge is -2.21. The van der Waals surface area contributed by atoms with Crippen LogP contribution in [0.1, 0.15) is 419 Å². The van der Waals surface area contributed by atoms with E-state index in [-0.39, 0.29) is 19.3 Å². The summed E-state index contributed by atoms with van der Waals surface area (Å²) in [4.78, 5) is 59.1. The van der Waals surface area contributed by atoms with Crippen LogP contribution in [0, 0.1) is 0 Å². The average molecular weight is 1730 g/mol. The highest BCUT2D eigenvalue weighted by Gasteiger charge is 2.30. The van der Waals surface area contributed by atoms with Gasteiger partial charge in [0.2, 0.25) is 0 Å². The van der Waals surface area contributed by atoms with Gasteiger partial charge in [-0.1, -0.05) is 403 Å². The molecule has 5 atom stereocenters. The van der Waals surface area contributed by atoms with Crippen LogP contribution >= 0.6 is 15.6 Å². The highest BCUT2D eigenvalue weighted by atomic mass is 31.2. The number of phosphoric acid groups is 2. The van der Waals surface area contributed by atoms with Crippen LogP contribution in [0.5, 0.6) is 0 Å². The number of hydrogen-bond donors (Lipinski definition) is 4. The van der Waals surface area contributed by atoms with Gasteiger partial charge in [-0.3, -0.25) is 32.5 Å². The van der Waals surface area contributed by atoms with E-state index in [2.05, 4.69) is 179 Å². The van der Waals surface area contributed by atoms with E-state index in [9.17, 15) is 43.5 Å². The molecule has 696 valence electrons. The molecule has 0 saturated carbocycles. The van der Waals surface area contributed by atoms with Gasteiger partial charge in [-0.2, -0.15) is 0 Å². The van der Waals surface area contributed by atoms with Crippen molar-refractivity contribution in [3.63, 3.8) is 0 Å². The molecule has 121 heavy (non-hydrogen) atoms. The SMILES string of the molecule is CC/C=C\C/C=C\C/C=C\C/C=C\C/C=C\CCCCCCCCCC(=O)OC(COC(=O)CCCCCCCCCCCCC/C=C\C/C=C\C/C=C\C/C=C\CCCCC)COP(=O)(O)OCC(O)COP(=O)(O)OCC(O)COC(=O)CCCCCCCCCCCCCCCCCCCCC/C=C\C/C=C\C/C=C\C/C=C\CCCCC. The fourth-order valence-corrected chi connectivity index (χ4v) is 14.9. The predicted octanol–water partition coefficient (Wildman–Crippen LogP) is 30.5. The molecule has 18 heteroatoms. The molecule has 0 bridgehead atoms. The fourth-order valence-electron chi connectivity index (χ4n) is 13.3. The van der Waals surface area contributed by atoms with Crippen molar-refractivity contribution >= 4 is 33.6 Å². The third-order valence-electron chi connectivity index (χ3n) is 20.7. The first-order valence-corrected chi connectivity index (χ1v) is 51.8. The van der Waals surface area contributed by atoms with Gasteiger partial charge in [-0.25, -0.2) is 9.13 Å². The van der Waals surface area contributed by atoms with Crippen LogP contribution in [-0.2, 0) is 55.8 Å². The second-order valence-corrected chi connectivity index (χ2v) is 35.4. The molecule has 0 aromatic rings. The topological polar surface area (TPSA) is 231 Å². The molecule has 16 nitrogen and oxygen atoms in total. The summed E-state index contributed by atoms with van der Waals surface area (Å²) >= 11 is 0. The zero-order chi connectivity index (χ0) is 87.9. The van der Waals surface area contributed by atoms with Gasteiger partial charge < -0.3 is 34.2 Å². The van der Waals surface area contributed by atoms with Crippen molar-refractivity contribution in [1.29, 1.82) is 0 Å². The highest BCUT2D eigenvalue weighted by molar-refractivity contribution is 7.47. The second-order valence-electron chi connectivity index (χ2n) is 32.5. The standard InChI is InChI=1S/C103H178O16P2/c1-4-7-10-13-16-19-22-25-28-31-34-37-40-42-44-45-46-47-48-49-50-51-53-55-57-59-62-65-68-71-74-77-80-83-86-89-101(106)113-92-98(104)93-115-120(109,110)116-94-99(105)95-117-121(111,112)118-97-100(119-103(108)91-88-85-82-79-76-73-70-67-64-61-56-39-36-33-30-27-24-21-18-15-12-9-6-3)96-114-102(107)90-87-84-81-78-75-72-69-66-63-60-58-54-52-43-41-38-35-32-29-26-23-20-17-14-11-8-5-2/h9,12,16-21,25-30,34-39,42-44,52,61,64,98-100,104-105H,4-8,10-11,13-15,22-24,31-33,40-41,45-51,53-60,62-63,65-97H2,1-3H3,(H,109,110)(H,111,112)/b12-9-,19-16-,20-17-,21-18-,28-25-,29-26-,30-27-,37-34-,38-35-,39-36-,44-42-,52-43-,64-61-. The molecule has 0 saturated heterocycles. The molecular weight excluding hydrogens is 1560 g/mol. The summed E-state index contributed by atoms with van der Waals surface area (Å²) in [5, 5.41) is 20.8. The lowest BCUT2D eigenvalue weighted by atomic mass is 10.0. The van der Waals surface area contributed by atoms with Crippen molar-refractivity contribution in [3.8, 4) is 0 Å². The molecule has 0 spiro atoms. The molecule has 5 unspecified atom stereocenters. The van der Waals surface area contributed by atoms with Gasteiger partial charge in [-0.15, -0.1) is 0 Å². The molecule has 0 aromatic carbocycles. The molecule has 0 radical (unpaired) electrons. The first-order valence-electron chi connectivity index (χ1n) is 48.8. The largest absolute Gasteiger partial charge is 0.472 e. The maximum Gasteiger partial charge on any atom is 0.472 e. The summed E-state index contributed by atoms with van der Waals surface area (Å²) in [6.07, 6.45) is 122. The number of aliphatic hydroxyl groups is 2.